The van der Waals surface area contributed by atoms with Crippen molar-refractivity contribution in [1.29, 1.82) is 0 Å². The number of halogens is 1. The highest BCUT2D eigenvalue weighted by molar-refractivity contribution is 7.17. The van der Waals surface area contributed by atoms with Crippen LogP contribution in [-0.4, -0.2) is 137 Å². The van der Waals surface area contributed by atoms with Crippen LogP contribution in [0.5, 0.6) is 0 Å². The Hall–Kier alpha value is -3.74. The molecular formula is C40H55ClN8O7S. The van der Waals surface area contributed by atoms with E-state index >= 15 is 0 Å². The molecule has 3 unspecified atom stereocenters. The van der Waals surface area contributed by atoms with Gasteiger partial charge in [0.05, 0.1) is 83.0 Å². The lowest BCUT2D eigenvalue weighted by Crippen LogP contribution is -2.47. The number of para-hydroxylation sites is 1. The molecule has 2 fully saturated rings. The first-order valence-corrected chi connectivity index (χ1v) is 21.0. The SMILES string of the molecule is Cc1nc(Nc2ncc(C(=O)Nc3c(C)cccc3Cl)s2)cc(N2CCN(CCOCCOCCOCCOCCOCCNC(=O)C3CC4C=CC3C4)CC2)n1. The molecule has 310 valence electrons. The van der Waals surface area contributed by atoms with Crippen molar-refractivity contribution in [3.05, 3.63) is 63.9 Å². The monoisotopic (exact) mass is 826 g/mol. The number of carbonyl (C=O) groups excluding carboxylic acids is 2. The predicted octanol–water partition coefficient (Wildman–Crippen LogP) is 4.73. The molecule has 2 bridgehead atoms. The maximum atomic E-state index is 12.9. The lowest BCUT2D eigenvalue weighted by Gasteiger charge is -2.35. The normalized spacial score (nSPS) is 19.0. The van der Waals surface area contributed by atoms with Gasteiger partial charge in [0.25, 0.3) is 5.91 Å². The number of nitrogens with zero attached hydrogens (tertiary/aromatic N) is 5. The molecule has 1 saturated carbocycles. The molecular weight excluding hydrogens is 772 g/mol. The molecule has 2 aromatic heterocycles. The summed E-state index contributed by atoms with van der Waals surface area (Å²) in [7, 11) is 0. The molecule has 6 rings (SSSR count). The number of ether oxygens (including phenoxy) is 5. The number of aryl methyl sites for hydroxylation is 2. The molecule has 3 N–H and O–H groups in total. The second-order valence-electron chi connectivity index (χ2n) is 14.3. The first kappa shape index (κ1) is 42.9. The van der Waals surface area contributed by atoms with E-state index in [0.29, 0.717) is 117 Å². The molecule has 57 heavy (non-hydrogen) atoms. The van der Waals surface area contributed by atoms with E-state index < -0.39 is 0 Å². The van der Waals surface area contributed by atoms with Gasteiger partial charge in [0, 0.05) is 51.3 Å². The maximum Gasteiger partial charge on any atom is 0.267 e. The van der Waals surface area contributed by atoms with Gasteiger partial charge >= 0.3 is 0 Å². The van der Waals surface area contributed by atoms with Gasteiger partial charge in [0.15, 0.2) is 5.13 Å². The molecule has 17 heteroatoms. The Kier molecular flexibility index (Phi) is 16.9. The maximum absolute atomic E-state index is 12.9. The van der Waals surface area contributed by atoms with Gasteiger partial charge < -0.3 is 44.5 Å². The van der Waals surface area contributed by atoms with Crippen molar-refractivity contribution in [3.8, 4) is 0 Å². The number of piperazine rings is 1. The first-order valence-electron chi connectivity index (χ1n) is 19.8. The Labute approximate surface area is 343 Å². The van der Waals surface area contributed by atoms with Gasteiger partial charge in [-0.25, -0.2) is 15.0 Å². The summed E-state index contributed by atoms with van der Waals surface area (Å²) in [6, 6.07) is 7.40. The minimum Gasteiger partial charge on any atom is -0.378 e. The molecule has 2 amide bonds. The van der Waals surface area contributed by atoms with E-state index in [1.54, 1.807) is 12.3 Å². The minimum atomic E-state index is -0.273. The molecule has 0 radical (unpaired) electrons. The van der Waals surface area contributed by atoms with E-state index in [1.165, 1.54) is 11.3 Å². The van der Waals surface area contributed by atoms with Crippen LogP contribution in [0.3, 0.4) is 0 Å². The van der Waals surface area contributed by atoms with Gasteiger partial charge in [-0.2, -0.15) is 0 Å². The standard InChI is InChI=1S/C40H55ClN8O7S/c1-28-4-3-5-33(41)37(28)47-39(51)34-27-43-40(57-34)46-35-26-36(45-29(2)44-35)49-11-9-48(10-12-49)13-15-53-17-19-55-21-23-56-22-20-54-18-16-52-14-8-42-38(50)32-25-30-6-7-31(32)24-30/h3-7,26-27,30-32H,8-25H2,1-2H3,(H,42,50)(H,47,51)(H,43,44,45,46). The number of rotatable bonds is 24. The lowest BCUT2D eigenvalue weighted by atomic mass is 9.93. The number of nitrogens with one attached hydrogen (secondary N) is 3. The number of aromatic nitrogens is 3. The number of carbonyl (C=O) groups is 2. The Balaban J connectivity index is 0.740. The minimum absolute atomic E-state index is 0.138. The van der Waals surface area contributed by atoms with Crippen molar-refractivity contribution in [2.45, 2.75) is 26.7 Å². The van der Waals surface area contributed by atoms with Crippen LogP contribution in [-0.2, 0) is 28.5 Å². The van der Waals surface area contributed by atoms with Crippen molar-refractivity contribution in [2.24, 2.45) is 17.8 Å². The van der Waals surface area contributed by atoms with Crippen molar-refractivity contribution in [1.82, 2.24) is 25.2 Å². The van der Waals surface area contributed by atoms with Crippen LogP contribution >= 0.6 is 22.9 Å². The summed E-state index contributed by atoms with van der Waals surface area (Å²) in [5.41, 5.74) is 1.48. The van der Waals surface area contributed by atoms with Gasteiger partial charge in [-0.15, -0.1) is 0 Å². The molecule has 0 spiro atoms. The third kappa shape index (κ3) is 13.4. The third-order valence-electron chi connectivity index (χ3n) is 10.1. The average Bonchev–Trinajstić information content (AvgIpc) is 3.98. The summed E-state index contributed by atoms with van der Waals surface area (Å²) in [6.45, 7) is 13.8. The van der Waals surface area contributed by atoms with Crippen LogP contribution in [0.4, 0.5) is 22.5 Å². The highest BCUT2D eigenvalue weighted by Crippen LogP contribution is 2.43. The molecule has 1 aliphatic heterocycles. The summed E-state index contributed by atoms with van der Waals surface area (Å²) >= 11 is 7.52. The number of benzene rings is 1. The van der Waals surface area contributed by atoms with Crippen LogP contribution in [0.1, 0.15) is 33.9 Å². The number of amides is 2. The zero-order chi connectivity index (χ0) is 39.8. The second kappa shape index (κ2) is 22.4. The smallest absolute Gasteiger partial charge is 0.267 e. The summed E-state index contributed by atoms with van der Waals surface area (Å²) in [5, 5.41) is 10.2. The molecule has 3 heterocycles. The number of anilines is 4. The number of hydrogen-bond donors (Lipinski definition) is 3. The predicted molar refractivity (Wildman–Crippen MR) is 221 cm³/mol. The van der Waals surface area contributed by atoms with E-state index in [0.717, 1.165) is 56.9 Å². The number of fused-ring (bicyclic) bond motifs is 2. The number of thiazole rings is 1. The van der Waals surface area contributed by atoms with Crippen molar-refractivity contribution >= 4 is 57.2 Å². The lowest BCUT2D eigenvalue weighted by molar-refractivity contribution is -0.126. The fourth-order valence-electron chi connectivity index (χ4n) is 7.13. The summed E-state index contributed by atoms with van der Waals surface area (Å²) < 4.78 is 28.1. The highest BCUT2D eigenvalue weighted by Gasteiger charge is 2.39. The van der Waals surface area contributed by atoms with Crippen molar-refractivity contribution in [3.63, 3.8) is 0 Å². The van der Waals surface area contributed by atoms with Gasteiger partial charge in [-0.05, 0) is 50.2 Å². The van der Waals surface area contributed by atoms with Gasteiger partial charge in [0.2, 0.25) is 5.91 Å². The van der Waals surface area contributed by atoms with Crippen molar-refractivity contribution in [2.75, 3.05) is 121 Å². The zero-order valence-electron chi connectivity index (χ0n) is 32.9. The van der Waals surface area contributed by atoms with Crippen LogP contribution < -0.4 is 20.9 Å². The van der Waals surface area contributed by atoms with Crippen LogP contribution in [0.2, 0.25) is 5.02 Å². The molecule has 1 saturated heterocycles. The molecule has 3 aromatic rings. The van der Waals surface area contributed by atoms with E-state index in [-0.39, 0.29) is 17.7 Å². The Bertz CT molecular complexity index is 1750. The summed E-state index contributed by atoms with van der Waals surface area (Å²) in [6.07, 6.45) is 8.10. The van der Waals surface area contributed by atoms with Crippen LogP contribution in [0.15, 0.2) is 42.6 Å². The molecule has 3 atom stereocenters. The summed E-state index contributed by atoms with van der Waals surface area (Å²) in [5.74, 6) is 3.16. The number of allylic oxidation sites excluding steroid dienone is 2. The van der Waals surface area contributed by atoms with Gasteiger partial charge in [-0.1, -0.05) is 47.2 Å². The average molecular weight is 827 g/mol. The van der Waals surface area contributed by atoms with E-state index in [1.807, 2.05) is 32.0 Å². The molecule has 2 aliphatic carbocycles. The van der Waals surface area contributed by atoms with E-state index in [2.05, 4.69) is 52.9 Å². The van der Waals surface area contributed by atoms with E-state index in [9.17, 15) is 9.59 Å². The highest BCUT2D eigenvalue weighted by atomic mass is 35.5. The first-order chi connectivity index (χ1) is 27.8. The quantitative estimate of drug-likeness (QED) is 0.0841. The fraction of sp³-hybridized carbons (Fsp3) is 0.575. The van der Waals surface area contributed by atoms with Crippen LogP contribution in [0.25, 0.3) is 0 Å². The Morgan fingerprint density at radius 2 is 1.54 bits per heavy atom. The number of hydrogen-bond acceptors (Lipinski definition) is 14. The van der Waals surface area contributed by atoms with Crippen molar-refractivity contribution < 1.29 is 33.3 Å². The van der Waals surface area contributed by atoms with Gasteiger partial charge in [-0.3, -0.25) is 14.5 Å². The Morgan fingerprint density at radius 3 is 2.19 bits per heavy atom. The van der Waals surface area contributed by atoms with Gasteiger partial charge in [0.1, 0.15) is 22.3 Å². The molecule has 15 nitrogen and oxygen atoms in total. The van der Waals surface area contributed by atoms with Crippen LogP contribution in [0, 0.1) is 31.6 Å². The molecule has 3 aliphatic rings. The van der Waals surface area contributed by atoms with E-state index in [4.69, 9.17) is 35.3 Å². The zero-order valence-corrected chi connectivity index (χ0v) is 34.5. The molecule has 1 aromatic carbocycles. The topological polar surface area (TPSA) is 162 Å². The largest absolute Gasteiger partial charge is 0.378 e. The summed E-state index contributed by atoms with van der Waals surface area (Å²) in [4.78, 5) is 43.9. The second-order valence-corrected chi connectivity index (χ2v) is 15.7. The third-order valence-corrected chi connectivity index (χ3v) is 11.4. The Morgan fingerprint density at radius 1 is 0.860 bits per heavy atom. The fourth-order valence-corrected chi connectivity index (χ4v) is 8.11.